The van der Waals surface area contributed by atoms with Crippen molar-refractivity contribution in [2.24, 2.45) is 5.41 Å². The highest BCUT2D eigenvalue weighted by Gasteiger charge is 2.41. The van der Waals surface area contributed by atoms with Gasteiger partial charge in [0.1, 0.15) is 15.8 Å². The largest absolute Gasteiger partial charge is 0.481 e. The summed E-state index contributed by atoms with van der Waals surface area (Å²) in [7, 11) is -3.90. The average Bonchev–Trinajstić information content (AvgIpc) is 2.95. The van der Waals surface area contributed by atoms with E-state index in [1.807, 2.05) is 6.07 Å². The summed E-state index contributed by atoms with van der Waals surface area (Å²) in [5.41, 5.74) is -1.16. The molecule has 0 atom stereocenters. The molecule has 0 aliphatic carbocycles. The van der Waals surface area contributed by atoms with Crippen LogP contribution in [0.4, 0.5) is 0 Å². The van der Waals surface area contributed by atoms with Crippen molar-refractivity contribution in [3.63, 3.8) is 0 Å². The summed E-state index contributed by atoms with van der Waals surface area (Å²) in [5, 5.41) is 19.8. The number of carboxylic acid groups (broad SMARTS) is 1. The second-order valence-corrected chi connectivity index (χ2v) is 7.40. The van der Waals surface area contributed by atoms with E-state index in [-0.39, 0.29) is 42.4 Å². The van der Waals surface area contributed by atoms with E-state index in [0.717, 1.165) is 11.3 Å². The van der Waals surface area contributed by atoms with Crippen LogP contribution < -0.4 is 4.72 Å². The van der Waals surface area contributed by atoms with Crippen LogP contribution in [0.2, 0.25) is 0 Å². The van der Waals surface area contributed by atoms with Crippen LogP contribution in [0.15, 0.2) is 16.3 Å². The van der Waals surface area contributed by atoms with E-state index in [1.165, 1.54) is 11.4 Å². The Hall–Kier alpha value is -1.47. The SMILES string of the molecule is N#Cc1sccc1S(=O)(=O)NCC1(C(=O)O)CCOCC1. The van der Waals surface area contributed by atoms with Crippen molar-refractivity contribution in [1.29, 1.82) is 5.26 Å². The first-order valence-electron chi connectivity index (χ1n) is 6.20. The topological polar surface area (TPSA) is 116 Å². The predicted octanol–water partition coefficient (Wildman–Crippen LogP) is 0.779. The minimum Gasteiger partial charge on any atom is -0.481 e. The standard InChI is InChI=1S/C12H14N2O5S2/c13-7-9-10(1-6-20-9)21(17,18)14-8-12(11(15)16)2-4-19-5-3-12/h1,6,14H,2-5,8H2,(H,15,16). The molecule has 7 nitrogen and oxygen atoms in total. The molecule has 0 aromatic carbocycles. The highest BCUT2D eigenvalue weighted by atomic mass is 32.2. The number of nitriles is 1. The minimum absolute atomic E-state index is 0.0823. The lowest BCUT2D eigenvalue weighted by Crippen LogP contribution is -2.46. The van der Waals surface area contributed by atoms with Gasteiger partial charge in [0, 0.05) is 19.8 Å². The molecule has 0 amide bonds. The van der Waals surface area contributed by atoms with Gasteiger partial charge in [-0.2, -0.15) is 5.26 Å². The molecule has 1 saturated heterocycles. The average molecular weight is 330 g/mol. The van der Waals surface area contributed by atoms with Gasteiger partial charge in [-0.1, -0.05) is 0 Å². The van der Waals surface area contributed by atoms with Crippen molar-refractivity contribution >= 4 is 27.3 Å². The Kier molecular flexibility index (Phi) is 4.63. The number of sulfonamides is 1. The molecule has 1 aromatic heterocycles. The molecular weight excluding hydrogens is 316 g/mol. The number of ether oxygens (including phenoxy) is 1. The van der Waals surface area contributed by atoms with Crippen molar-refractivity contribution in [2.45, 2.75) is 17.7 Å². The molecule has 21 heavy (non-hydrogen) atoms. The van der Waals surface area contributed by atoms with E-state index in [0.29, 0.717) is 0 Å². The van der Waals surface area contributed by atoms with E-state index in [1.54, 1.807) is 0 Å². The third-order valence-electron chi connectivity index (χ3n) is 3.52. The molecule has 0 bridgehead atoms. The molecule has 2 heterocycles. The molecule has 1 aliphatic heterocycles. The molecule has 0 saturated carbocycles. The molecule has 9 heteroatoms. The summed E-state index contributed by atoms with van der Waals surface area (Å²) >= 11 is 1.03. The molecule has 0 spiro atoms. The van der Waals surface area contributed by atoms with Crippen LogP contribution in [0.25, 0.3) is 0 Å². The van der Waals surface area contributed by atoms with Crippen LogP contribution in [-0.4, -0.2) is 39.3 Å². The zero-order valence-electron chi connectivity index (χ0n) is 11.0. The first kappa shape index (κ1) is 15.9. The van der Waals surface area contributed by atoms with Gasteiger partial charge in [0.2, 0.25) is 10.0 Å². The van der Waals surface area contributed by atoms with Gasteiger partial charge in [-0.25, -0.2) is 13.1 Å². The Labute approximate surface area is 126 Å². The van der Waals surface area contributed by atoms with Crippen LogP contribution in [0.1, 0.15) is 17.7 Å². The predicted molar refractivity (Wildman–Crippen MR) is 74.3 cm³/mol. The van der Waals surface area contributed by atoms with Gasteiger partial charge >= 0.3 is 5.97 Å². The zero-order chi connectivity index (χ0) is 15.5. The summed E-state index contributed by atoms with van der Waals surface area (Å²) in [6.07, 6.45) is 0.499. The van der Waals surface area contributed by atoms with Crippen molar-refractivity contribution in [3.05, 3.63) is 16.3 Å². The smallest absolute Gasteiger partial charge is 0.311 e. The summed E-state index contributed by atoms with van der Waals surface area (Å²) in [5.74, 6) is -1.04. The first-order valence-corrected chi connectivity index (χ1v) is 8.56. The van der Waals surface area contributed by atoms with Crippen molar-refractivity contribution in [1.82, 2.24) is 4.72 Å². The van der Waals surface area contributed by atoms with E-state index < -0.39 is 21.4 Å². The lowest BCUT2D eigenvalue weighted by molar-refractivity contribution is -0.154. The Balaban J connectivity index is 2.18. The first-order chi connectivity index (χ1) is 9.91. The second-order valence-electron chi connectivity index (χ2n) is 4.75. The number of carbonyl (C=O) groups is 1. The quantitative estimate of drug-likeness (QED) is 0.824. The van der Waals surface area contributed by atoms with Crippen molar-refractivity contribution < 1.29 is 23.1 Å². The molecule has 1 aliphatic rings. The monoisotopic (exact) mass is 330 g/mol. The highest BCUT2D eigenvalue weighted by Crippen LogP contribution is 2.31. The fourth-order valence-electron chi connectivity index (χ4n) is 2.13. The molecule has 2 N–H and O–H groups in total. The lowest BCUT2D eigenvalue weighted by atomic mass is 9.80. The van der Waals surface area contributed by atoms with Gasteiger partial charge in [0.15, 0.2) is 0 Å². The number of thiophene rings is 1. The number of rotatable bonds is 5. The maximum atomic E-state index is 12.2. The molecule has 2 rings (SSSR count). The molecule has 114 valence electrons. The molecule has 0 unspecified atom stereocenters. The van der Waals surface area contributed by atoms with Crippen LogP contribution in [-0.2, 0) is 19.6 Å². The third kappa shape index (κ3) is 3.24. The lowest BCUT2D eigenvalue weighted by Gasteiger charge is -2.32. The highest BCUT2D eigenvalue weighted by molar-refractivity contribution is 7.89. The summed E-state index contributed by atoms with van der Waals surface area (Å²) < 4.78 is 31.9. The van der Waals surface area contributed by atoms with Crippen LogP contribution in [0, 0.1) is 16.7 Å². The van der Waals surface area contributed by atoms with E-state index >= 15 is 0 Å². The summed E-state index contributed by atoms with van der Waals surface area (Å²) in [4.78, 5) is 11.4. The maximum Gasteiger partial charge on any atom is 0.311 e. The van der Waals surface area contributed by atoms with Gasteiger partial charge in [-0.05, 0) is 24.3 Å². The number of nitrogens with zero attached hydrogens (tertiary/aromatic N) is 1. The Bertz CT molecular complexity index is 668. The van der Waals surface area contributed by atoms with Gasteiger partial charge in [0.05, 0.1) is 5.41 Å². The fourth-order valence-corrected chi connectivity index (χ4v) is 4.43. The Morgan fingerprint density at radius 3 is 2.76 bits per heavy atom. The normalized spacial score (nSPS) is 18.0. The Morgan fingerprint density at radius 1 is 1.52 bits per heavy atom. The van der Waals surface area contributed by atoms with Gasteiger partial charge in [-0.15, -0.1) is 11.3 Å². The fraction of sp³-hybridized carbons (Fsp3) is 0.500. The van der Waals surface area contributed by atoms with Crippen LogP contribution >= 0.6 is 11.3 Å². The molecule has 1 fully saturated rings. The van der Waals surface area contributed by atoms with Gasteiger partial charge in [-0.3, -0.25) is 4.79 Å². The van der Waals surface area contributed by atoms with Gasteiger partial charge in [0.25, 0.3) is 0 Å². The van der Waals surface area contributed by atoms with E-state index in [2.05, 4.69) is 4.72 Å². The second kappa shape index (κ2) is 6.11. The van der Waals surface area contributed by atoms with Crippen LogP contribution in [0.5, 0.6) is 0 Å². The van der Waals surface area contributed by atoms with Crippen molar-refractivity contribution in [3.8, 4) is 6.07 Å². The Morgan fingerprint density at radius 2 is 2.19 bits per heavy atom. The van der Waals surface area contributed by atoms with Gasteiger partial charge < -0.3 is 9.84 Å². The maximum absolute atomic E-state index is 12.2. The minimum atomic E-state index is -3.90. The molecule has 1 aromatic rings. The number of hydrogen-bond acceptors (Lipinski definition) is 6. The van der Waals surface area contributed by atoms with E-state index in [9.17, 15) is 18.3 Å². The summed E-state index contributed by atoms with van der Waals surface area (Å²) in [6, 6.07) is 3.15. The summed E-state index contributed by atoms with van der Waals surface area (Å²) in [6.45, 7) is 0.362. The number of hydrogen-bond donors (Lipinski definition) is 2. The molecule has 0 radical (unpaired) electrons. The number of aliphatic carboxylic acids is 1. The number of nitrogens with one attached hydrogen (secondary N) is 1. The van der Waals surface area contributed by atoms with Crippen molar-refractivity contribution in [2.75, 3.05) is 19.8 Å². The van der Waals surface area contributed by atoms with E-state index in [4.69, 9.17) is 10.00 Å². The molecular formula is C12H14N2O5S2. The zero-order valence-corrected chi connectivity index (χ0v) is 12.7. The third-order valence-corrected chi connectivity index (χ3v) is 5.92. The van der Waals surface area contributed by atoms with Crippen LogP contribution in [0.3, 0.4) is 0 Å². The number of carboxylic acids is 1.